The molecule has 2 heterocycles. The number of sulfonamides is 1. The van der Waals surface area contributed by atoms with Gasteiger partial charge in [-0.15, -0.1) is 0 Å². The third-order valence-electron chi connectivity index (χ3n) is 4.49. The van der Waals surface area contributed by atoms with Crippen LogP contribution in [0.15, 0.2) is 39.8 Å². The largest absolute Gasteiger partial charge is 0.468 e. The lowest BCUT2D eigenvalue weighted by Crippen LogP contribution is -2.48. The minimum atomic E-state index is -3.44. The first-order chi connectivity index (χ1) is 11.4. The Kier molecular flexibility index (Phi) is 4.80. The molecular formula is C18H24N2O3S. The van der Waals surface area contributed by atoms with Crippen molar-refractivity contribution in [3.8, 4) is 0 Å². The first-order valence-corrected chi connectivity index (χ1v) is 9.64. The molecule has 0 aliphatic carbocycles. The fraction of sp³-hybridized carbons (Fsp3) is 0.444. The van der Waals surface area contributed by atoms with Crippen LogP contribution in [0.25, 0.3) is 0 Å². The number of nitrogens with zero attached hydrogens (tertiary/aromatic N) is 2. The van der Waals surface area contributed by atoms with Crippen LogP contribution in [0, 0.1) is 20.8 Å². The summed E-state index contributed by atoms with van der Waals surface area (Å²) in [5.41, 5.74) is 2.74. The first kappa shape index (κ1) is 17.2. The number of aryl methyl sites for hydroxylation is 3. The van der Waals surface area contributed by atoms with E-state index in [2.05, 4.69) is 4.90 Å². The second-order valence-electron chi connectivity index (χ2n) is 6.49. The molecule has 2 aromatic rings. The Labute approximate surface area is 143 Å². The zero-order chi connectivity index (χ0) is 17.3. The van der Waals surface area contributed by atoms with Gasteiger partial charge in [0.05, 0.1) is 17.7 Å². The summed E-state index contributed by atoms with van der Waals surface area (Å²) in [5, 5.41) is 0. The van der Waals surface area contributed by atoms with Crippen molar-refractivity contribution < 1.29 is 12.8 Å². The van der Waals surface area contributed by atoms with Crippen LogP contribution in [0.2, 0.25) is 0 Å². The summed E-state index contributed by atoms with van der Waals surface area (Å²) < 4.78 is 33.1. The summed E-state index contributed by atoms with van der Waals surface area (Å²) in [5.74, 6) is 0.913. The van der Waals surface area contributed by atoms with E-state index in [1.54, 1.807) is 10.6 Å². The van der Waals surface area contributed by atoms with Gasteiger partial charge in [0.1, 0.15) is 5.76 Å². The van der Waals surface area contributed by atoms with E-state index in [9.17, 15) is 8.42 Å². The van der Waals surface area contributed by atoms with E-state index >= 15 is 0 Å². The molecule has 0 saturated carbocycles. The van der Waals surface area contributed by atoms with Gasteiger partial charge >= 0.3 is 0 Å². The van der Waals surface area contributed by atoms with Crippen molar-refractivity contribution in [1.29, 1.82) is 0 Å². The minimum absolute atomic E-state index is 0.465. The third kappa shape index (κ3) is 3.41. The number of hydrogen-bond acceptors (Lipinski definition) is 4. The van der Waals surface area contributed by atoms with Crippen molar-refractivity contribution in [3.05, 3.63) is 53.0 Å². The molecule has 0 N–H and O–H groups in total. The van der Waals surface area contributed by atoms with Crippen molar-refractivity contribution in [3.63, 3.8) is 0 Å². The van der Waals surface area contributed by atoms with E-state index in [0.29, 0.717) is 31.1 Å². The van der Waals surface area contributed by atoms with Crippen LogP contribution in [0.1, 0.15) is 22.5 Å². The van der Waals surface area contributed by atoms with Crippen molar-refractivity contribution in [2.75, 3.05) is 26.2 Å². The third-order valence-corrected chi connectivity index (χ3v) is 6.70. The van der Waals surface area contributed by atoms with Gasteiger partial charge in [0.15, 0.2) is 0 Å². The highest BCUT2D eigenvalue weighted by atomic mass is 32.2. The summed E-state index contributed by atoms with van der Waals surface area (Å²) in [7, 11) is -3.44. The summed E-state index contributed by atoms with van der Waals surface area (Å²) in [6, 6.07) is 7.70. The molecule has 1 aliphatic rings. The molecule has 1 aromatic carbocycles. The van der Waals surface area contributed by atoms with Crippen LogP contribution in [0.3, 0.4) is 0 Å². The molecule has 5 nitrogen and oxygen atoms in total. The summed E-state index contributed by atoms with van der Waals surface area (Å²) in [6.45, 7) is 8.91. The average molecular weight is 348 g/mol. The Morgan fingerprint density at radius 3 is 2.21 bits per heavy atom. The molecular weight excluding hydrogens is 324 g/mol. The van der Waals surface area contributed by atoms with Gasteiger partial charge in [0.25, 0.3) is 0 Å². The van der Waals surface area contributed by atoms with Gasteiger partial charge < -0.3 is 4.42 Å². The average Bonchev–Trinajstić information content (AvgIpc) is 2.99. The molecule has 1 aromatic heterocycles. The van der Waals surface area contributed by atoms with Crippen LogP contribution in [-0.2, 0) is 16.6 Å². The molecule has 3 rings (SSSR count). The van der Waals surface area contributed by atoms with Crippen LogP contribution in [-0.4, -0.2) is 43.8 Å². The number of benzene rings is 1. The Morgan fingerprint density at radius 1 is 1.04 bits per heavy atom. The van der Waals surface area contributed by atoms with Crippen LogP contribution >= 0.6 is 0 Å². The lowest BCUT2D eigenvalue weighted by molar-refractivity contribution is 0.171. The van der Waals surface area contributed by atoms with E-state index in [-0.39, 0.29) is 0 Å². The quantitative estimate of drug-likeness (QED) is 0.852. The van der Waals surface area contributed by atoms with Crippen LogP contribution in [0.4, 0.5) is 0 Å². The number of piperazine rings is 1. The van der Waals surface area contributed by atoms with Crippen LogP contribution < -0.4 is 0 Å². The molecule has 0 spiro atoms. The van der Waals surface area contributed by atoms with E-state index in [1.165, 1.54) is 0 Å². The molecule has 0 bridgehead atoms. The molecule has 1 aliphatic heterocycles. The first-order valence-electron chi connectivity index (χ1n) is 8.20. The Hall–Kier alpha value is -1.63. The normalized spacial score (nSPS) is 17.3. The van der Waals surface area contributed by atoms with Gasteiger partial charge in [-0.2, -0.15) is 4.31 Å². The maximum Gasteiger partial charge on any atom is 0.243 e. The number of hydrogen-bond donors (Lipinski definition) is 0. The lowest BCUT2D eigenvalue weighted by Gasteiger charge is -2.34. The number of furan rings is 1. The van der Waals surface area contributed by atoms with Gasteiger partial charge in [0, 0.05) is 26.2 Å². The predicted molar refractivity (Wildman–Crippen MR) is 93.4 cm³/mol. The zero-order valence-electron chi connectivity index (χ0n) is 14.4. The molecule has 0 unspecified atom stereocenters. The van der Waals surface area contributed by atoms with Gasteiger partial charge in [-0.1, -0.05) is 17.7 Å². The van der Waals surface area contributed by atoms with Crippen molar-refractivity contribution >= 4 is 10.0 Å². The SMILES string of the molecule is Cc1cc(C)c(S(=O)(=O)N2CCN(Cc3ccco3)CC2)c(C)c1. The smallest absolute Gasteiger partial charge is 0.243 e. The highest BCUT2D eigenvalue weighted by molar-refractivity contribution is 7.89. The Balaban J connectivity index is 1.73. The van der Waals surface area contributed by atoms with E-state index in [4.69, 9.17) is 4.42 Å². The molecule has 1 fully saturated rings. The topological polar surface area (TPSA) is 53.8 Å². The van der Waals surface area contributed by atoms with Gasteiger partial charge in [-0.3, -0.25) is 4.90 Å². The van der Waals surface area contributed by atoms with Crippen molar-refractivity contribution in [2.45, 2.75) is 32.2 Å². The molecule has 0 amide bonds. The highest BCUT2D eigenvalue weighted by Gasteiger charge is 2.31. The lowest BCUT2D eigenvalue weighted by atomic mass is 10.1. The summed E-state index contributed by atoms with van der Waals surface area (Å²) in [4.78, 5) is 2.69. The fourth-order valence-electron chi connectivity index (χ4n) is 3.45. The van der Waals surface area contributed by atoms with Crippen LogP contribution in [0.5, 0.6) is 0 Å². The van der Waals surface area contributed by atoms with E-state index in [1.807, 2.05) is 45.0 Å². The monoisotopic (exact) mass is 348 g/mol. The maximum atomic E-state index is 13.1. The molecule has 130 valence electrons. The Bertz CT molecular complexity index is 782. The second-order valence-corrected chi connectivity index (χ2v) is 8.36. The standard InChI is InChI=1S/C18H24N2O3S/c1-14-11-15(2)18(16(3)12-14)24(21,22)20-8-6-19(7-9-20)13-17-5-4-10-23-17/h4-5,10-12H,6-9,13H2,1-3H3. The highest BCUT2D eigenvalue weighted by Crippen LogP contribution is 2.26. The van der Waals surface area contributed by atoms with Gasteiger partial charge in [-0.25, -0.2) is 8.42 Å². The molecule has 0 atom stereocenters. The summed E-state index contributed by atoms with van der Waals surface area (Å²) in [6.07, 6.45) is 1.67. The molecule has 6 heteroatoms. The molecule has 0 radical (unpaired) electrons. The van der Waals surface area contributed by atoms with E-state index < -0.39 is 10.0 Å². The maximum absolute atomic E-state index is 13.1. The van der Waals surface area contributed by atoms with Gasteiger partial charge in [0.2, 0.25) is 10.0 Å². The number of rotatable bonds is 4. The summed E-state index contributed by atoms with van der Waals surface area (Å²) >= 11 is 0. The predicted octanol–water partition coefficient (Wildman–Crippen LogP) is 2.71. The zero-order valence-corrected chi connectivity index (χ0v) is 15.3. The van der Waals surface area contributed by atoms with Crippen molar-refractivity contribution in [2.24, 2.45) is 0 Å². The minimum Gasteiger partial charge on any atom is -0.468 e. The second kappa shape index (κ2) is 6.70. The molecule has 24 heavy (non-hydrogen) atoms. The van der Waals surface area contributed by atoms with E-state index in [0.717, 1.165) is 29.0 Å². The molecule has 1 saturated heterocycles. The fourth-order valence-corrected chi connectivity index (χ4v) is 5.29. The van der Waals surface area contributed by atoms with Gasteiger partial charge in [-0.05, 0) is 44.0 Å². The van der Waals surface area contributed by atoms with Crippen molar-refractivity contribution in [1.82, 2.24) is 9.21 Å². The Morgan fingerprint density at radius 2 is 1.67 bits per heavy atom.